The smallest absolute Gasteiger partial charge is 0.216 e. The van der Waals surface area contributed by atoms with Crippen LogP contribution in [0.4, 0.5) is 0 Å². The maximum absolute atomic E-state index is 10.6. The van der Waals surface area contributed by atoms with Gasteiger partial charge in [-0.3, -0.25) is 4.79 Å². The molecule has 1 aromatic rings. The van der Waals surface area contributed by atoms with Crippen LogP contribution in [0, 0.1) is 0 Å². The number of carbonyl (C=O) groups excluding carboxylic acids is 1. The molecule has 4 nitrogen and oxygen atoms in total. The number of hydrogen-bond donors (Lipinski definition) is 2. The third-order valence-corrected chi connectivity index (χ3v) is 2.24. The minimum Gasteiger partial charge on any atom is -0.494 e. The van der Waals surface area contributed by atoms with Gasteiger partial charge in [0.1, 0.15) is 5.75 Å². The van der Waals surface area contributed by atoms with Crippen molar-refractivity contribution in [2.75, 3.05) is 19.7 Å². The molecule has 2 N–H and O–H groups in total. The van der Waals surface area contributed by atoms with Crippen molar-refractivity contribution in [3.63, 3.8) is 0 Å². The zero-order valence-corrected chi connectivity index (χ0v) is 10.5. The van der Waals surface area contributed by atoms with Crippen LogP contribution in [0.3, 0.4) is 0 Å². The van der Waals surface area contributed by atoms with Crippen molar-refractivity contribution in [1.82, 2.24) is 10.6 Å². The number of ether oxygens (including phenoxy) is 1. The molecule has 0 radical (unpaired) electrons. The second-order valence-corrected chi connectivity index (χ2v) is 3.74. The average Bonchev–Trinajstić information content (AvgIpc) is 2.31. The molecule has 1 aromatic carbocycles. The highest BCUT2D eigenvalue weighted by Crippen LogP contribution is 2.11. The predicted octanol–water partition coefficient (Wildman–Crippen LogP) is 1.31. The molecule has 0 fully saturated rings. The van der Waals surface area contributed by atoms with Gasteiger partial charge in [0.2, 0.25) is 5.91 Å². The van der Waals surface area contributed by atoms with Gasteiger partial charge in [0.25, 0.3) is 0 Å². The lowest BCUT2D eigenvalue weighted by molar-refractivity contribution is -0.118. The van der Waals surface area contributed by atoms with Crippen LogP contribution in [0.15, 0.2) is 24.3 Å². The van der Waals surface area contributed by atoms with Gasteiger partial charge in [-0.15, -0.1) is 0 Å². The van der Waals surface area contributed by atoms with Gasteiger partial charge >= 0.3 is 0 Å². The summed E-state index contributed by atoms with van der Waals surface area (Å²) >= 11 is 0. The number of hydrogen-bond acceptors (Lipinski definition) is 3. The lowest BCUT2D eigenvalue weighted by Crippen LogP contribution is -2.29. The van der Waals surface area contributed by atoms with E-state index in [-0.39, 0.29) is 5.91 Å². The SMILES string of the molecule is CCOc1ccc(CNCCNC(C)=O)cc1. The van der Waals surface area contributed by atoms with Gasteiger partial charge < -0.3 is 15.4 Å². The highest BCUT2D eigenvalue weighted by molar-refractivity contribution is 5.72. The van der Waals surface area contributed by atoms with E-state index in [0.29, 0.717) is 13.2 Å². The Morgan fingerprint density at radius 2 is 1.94 bits per heavy atom. The van der Waals surface area contributed by atoms with E-state index >= 15 is 0 Å². The van der Waals surface area contributed by atoms with Crippen LogP contribution in [-0.4, -0.2) is 25.6 Å². The van der Waals surface area contributed by atoms with Crippen molar-refractivity contribution >= 4 is 5.91 Å². The summed E-state index contributed by atoms with van der Waals surface area (Å²) in [6.07, 6.45) is 0. The van der Waals surface area contributed by atoms with Crippen LogP contribution in [-0.2, 0) is 11.3 Å². The van der Waals surface area contributed by atoms with Crippen LogP contribution >= 0.6 is 0 Å². The monoisotopic (exact) mass is 236 g/mol. The number of nitrogens with one attached hydrogen (secondary N) is 2. The van der Waals surface area contributed by atoms with Crippen LogP contribution in [0.2, 0.25) is 0 Å². The molecule has 4 heteroatoms. The quantitative estimate of drug-likeness (QED) is 0.702. The van der Waals surface area contributed by atoms with Crippen molar-refractivity contribution in [1.29, 1.82) is 0 Å². The van der Waals surface area contributed by atoms with Crippen molar-refractivity contribution < 1.29 is 9.53 Å². The van der Waals surface area contributed by atoms with Crippen molar-refractivity contribution in [3.8, 4) is 5.75 Å². The minimum absolute atomic E-state index is 0.00728. The fourth-order valence-electron chi connectivity index (χ4n) is 1.43. The second kappa shape index (κ2) is 7.68. The summed E-state index contributed by atoms with van der Waals surface area (Å²) in [5.41, 5.74) is 1.20. The van der Waals surface area contributed by atoms with Gasteiger partial charge in [0.05, 0.1) is 6.61 Å². The van der Waals surface area contributed by atoms with E-state index in [1.807, 2.05) is 31.2 Å². The first-order valence-electron chi connectivity index (χ1n) is 5.89. The van der Waals surface area contributed by atoms with Gasteiger partial charge in [-0.25, -0.2) is 0 Å². The zero-order chi connectivity index (χ0) is 12.5. The summed E-state index contributed by atoms with van der Waals surface area (Å²) in [6, 6.07) is 8.01. The molecule has 0 spiro atoms. The fraction of sp³-hybridized carbons (Fsp3) is 0.462. The van der Waals surface area contributed by atoms with Gasteiger partial charge in [-0.05, 0) is 24.6 Å². The van der Waals surface area contributed by atoms with Gasteiger partial charge in [0, 0.05) is 26.6 Å². The Kier molecular flexibility index (Phi) is 6.10. The van der Waals surface area contributed by atoms with Crippen LogP contribution in [0.1, 0.15) is 19.4 Å². The maximum Gasteiger partial charge on any atom is 0.216 e. The predicted molar refractivity (Wildman–Crippen MR) is 68.0 cm³/mol. The van der Waals surface area contributed by atoms with Gasteiger partial charge in [-0.2, -0.15) is 0 Å². The van der Waals surface area contributed by atoms with Gasteiger partial charge in [-0.1, -0.05) is 12.1 Å². The topological polar surface area (TPSA) is 50.4 Å². The van der Waals surface area contributed by atoms with E-state index in [9.17, 15) is 4.79 Å². The molecule has 0 heterocycles. The van der Waals surface area contributed by atoms with Crippen molar-refractivity contribution in [3.05, 3.63) is 29.8 Å². The first-order valence-corrected chi connectivity index (χ1v) is 5.89. The molecule has 0 bridgehead atoms. The Balaban J connectivity index is 2.20. The van der Waals surface area contributed by atoms with E-state index in [1.165, 1.54) is 12.5 Å². The zero-order valence-electron chi connectivity index (χ0n) is 10.5. The summed E-state index contributed by atoms with van der Waals surface area (Å²) in [5.74, 6) is 0.905. The molecule has 94 valence electrons. The number of rotatable bonds is 7. The third-order valence-electron chi connectivity index (χ3n) is 2.24. The second-order valence-electron chi connectivity index (χ2n) is 3.74. The fourth-order valence-corrected chi connectivity index (χ4v) is 1.43. The lowest BCUT2D eigenvalue weighted by atomic mass is 10.2. The average molecular weight is 236 g/mol. The summed E-state index contributed by atoms with van der Waals surface area (Å²) in [6.45, 7) is 6.41. The Morgan fingerprint density at radius 3 is 2.53 bits per heavy atom. The maximum atomic E-state index is 10.6. The van der Waals surface area contributed by atoms with Crippen LogP contribution in [0.25, 0.3) is 0 Å². The molecule has 0 aromatic heterocycles. The number of amides is 1. The molecule has 0 saturated carbocycles. The lowest BCUT2D eigenvalue weighted by Gasteiger charge is -2.07. The summed E-state index contributed by atoms with van der Waals surface area (Å²) in [5, 5.41) is 5.99. The van der Waals surface area contributed by atoms with E-state index in [2.05, 4.69) is 10.6 Å². The number of benzene rings is 1. The molecule has 0 aliphatic rings. The van der Waals surface area contributed by atoms with Crippen LogP contribution in [0.5, 0.6) is 5.75 Å². The minimum atomic E-state index is 0.00728. The van der Waals surface area contributed by atoms with Crippen molar-refractivity contribution in [2.45, 2.75) is 20.4 Å². The van der Waals surface area contributed by atoms with Crippen LogP contribution < -0.4 is 15.4 Å². The molecule has 1 amide bonds. The molecular weight excluding hydrogens is 216 g/mol. The van der Waals surface area contributed by atoms with E-state index in [4.69, 9.17) is 4.74 Å². The standard InChI is InChI=1S/C13H20N2O2/c1-3-17-13-6-4-12(5-7-13)10-14-8-9-15-11(2)16/h4-7,14H,3,8-10H2,1-2H3,(H,15,16). The van der Waals surface area contributed by atoms with E-state index in [0.717, 1.165) is 18.8 Å². The van der Waals surface area contributed by atoms with E-state index in [1.54, 1.807) is 0 Å². The molecule has 0 atom stereocenters. The molecule has 0 unspecified atom stereocenters. The Hall–Kier alpha value is -1.55. The normalized spacial score (nSPS) is 10.0. The molecule has 0 aliphatic heterocycles. The first kappa shape index (κ1) is 13.5. The highest BCUT2D eigenvalue weighted by atomic mass is 16.5. The molecule has 0 aliphatic carbocycles. The highest BCUT2D eigenvalue weighted by Gasteiger charge is 1.95. The molecule has 17 heavy (non-hydrogen) atoms. The summed E-state index contributed by atoms with van der Waals surface area (Å²) in [7, 11) is 0. The first-order chi connectivity index (χ1) is 8.22. The Morgan fingerprint density at radius 1 is 1.24 bits per heavy atom. The molecular formula is C13H20N2O2. The van der Waals surface area contributed by atoms with Gasteiger partial charge in [0.15, 0.2) is 0 Å². The Bertz CT molecular complexity index is 336. The van der Waals surface area contributed by atoms with E-state index < -0.39 is 0 Å². The largest absolute Gasteiger partial charge is 0.494 e. The third kappa shape index (κ3) is 5.92. The summed E-state index contributed by atoms with van der Waals surface area (Å²) < 4.78 is 5.36. The Labute approximate surface area is 102 Å². The summed E-state index contributed by atoms with van der Waals surface area (Å²) in [4.78, 5) is 10.6. The molecule has 1 rings (SSSR count). The molecule has 0 saturated heterocycles. The number of carbonyl (C=O) groups is 1. The van der Waals surface area contributed by atoms with Crippen molar-refractivity contribution in [2.24, 2.45) is 0 Å².